The van der Waals surface area contributed by atoms with Crippen molar-refractivity contribution in [2.24, 2.45) is 0 Å². The summed E-state index contributed by atoms with van der Waals surface area (Å²) in [5.41, 5.74) is 1.51. The molecule has 0 spiro atoms. The Morgan fingerprint density at radius 1 is 0.923 bits per heavy atom. The van der Waals surface area contributed by atoms with Gasteiger partial charge in [-0.2, -0.15) is 0 Å². The Balaban J connectivity index is 1.75. The van der Waals surface area contributed by atoms with Crippen LogP contribution in [0.1, 0.15) is 5.76 Å². The fourth-order valence-corrected chi connectivity index (χ4v) is 2.55. The van der Waals surface area contributed by atoms with Crippen molar-refractivity contribution in [2.45, 2.75) is 6.54 Å². The number of furan rings is 1. The molecule has 6 heteroatoms. The molecular formula is C20H15FN4O. The molecule has 0 amide bonds. The number of hydrogen-bond acceptors (Lipinski definition) is 5. The molecule has 0 aliphatic heterocycles. The third-order valence-electron chi connectivity index (χ3n) is 3.79. The van der Waals surface area contributed by atoms with Gasteiger partial charge in [-0.1, -0.05) is 18.2 Å². The molecule has 0 saturated carbocycles. The van der Waals surface area contributed by atoms with Gasteiger partial charge in [-0.05, 0) is 36.4 Å². The van der Waals surface area contributed by atoms with E-state index in [4.69, 9.17) is 4.42 Å². The van der Waals surface area contributed by atoms with Crippen LogP contribution in [0.4, 0.5) is 10.2 Å². The van der Waals surface area contributed by atoms with E-state index >= 15 is 0 Å². The molecule has 0 bridgehead atoms. The minimum Gasteiger partial charge on any atom is -0.467 e. The lowest BCUT2D eigenvalue weighted by Crippen LogP contribution is -2.04. The van der Waals surface area contributed by atoms with Gasteiger partial charge in [0.2, 0.25) is 0 Å². The highest BCUT2D eigenvalue weighted by atomic mass is 19.1. The summed E-state index contributed by atoms with van der Waals surface area (Å²) < 4.78 is 19.6. The second-order valence-electron chi connectivity index (χ2n) is 5.59. The number of halogens is 1. The van der Waals surface area contributed by atoms with Crippen molar-refractivity contribution >= 4 is 5.82 Å². The molecule has 3 aromatic heterocycles. The van der Waals surface area contributed by atoms with Crippen molar-refractivity contribution in [3.63, 3.8) is 0 Å². The number of hydrogen-bond donors (Lipinski definition) is 1. The Labute approximate surface area is 149 Å². The predicted octanol–water partition coefficient (Wildman–Crippen LogP) is 4.55. The first-order valence-corrected chi connectivity index (χ1v) is 8.11. The molecule has 1 aromatic carbocycles. The van der Waals surface area contributed by atoms with E-state index in [2.05, 4.69) is 20.3 Å². The Morgan fingerprint density at radius 2 is 1.81 bits per heavy atom. The maximum absolute atomic E-state index is 14.2. The third-order valence-corrected chi connectivity index (χ3v) is 3.79. The van der Waals surface area contributed by atoms with E-state index in [1.807, 2.05) is 30.3 Å². The van der Waals surface area contributed by atoms with Gasteiger partial charge in [-0.3, -0.25) is 4.98 Å². The van der Waals surface area contributed by atoms with Crippen LogP contribution in [-0.4, -0.2) is 15.0 Å². The van der Waals surface area contributed by atoms with Crippen molar-refractivity contribution in [1.29, 1.82) is 0 Å². The van der Waals surface area contributed by atoms with Crippen LogP contribution in [0, 0.1) is 5.82 Å². The summed E-state index contributed by atoms with van der Waals surface area (Å²) in [6.07, 6.45) is 3.28. The fraction of sp³-hybridized carbons (Fsp3) is 0.0500. The van der Waals surface area contributed by atoms with E-state index in [0.717, 1.165) is 5.76 Å². The molecule has 5 nitrogen and oxygen atoms in total. The summed E-state index contributed by atoms with van der Waals surface area (Å²) in [7, 11) is 0. The number of rotatable bonds is 5. The highest BCUT2D eigenvalue weighted by Crippen LogP contribution is 2.25. The second kappa shape index (κ2) is 7.14. The van der Waals surface area contributed by atoms with Gasteiger partial charge in [0.1, 0.15) is 23.1 Å². The lowest BCUT2D eigenvalue weighted by molar-refractivity contribution is 0.518. The van der Waals surface area contributed by atoms with Crippen LogP contribution in [-0.2, 0) is 6.54 Å². The van der Waals surface area contributed by atoms with Crippen molar-refractivity contribution in [3.8, 4) is 22.8 Å². The second-order valence-corrected chi connectivity index (χ2v) is 5.59. The van der Waals surface area contributed by atoms with Crippen LogP contribution in [0.25, 0.3) is 22.8 Å². The van der Waals surface area contributed by atoms with E-state index in [1.54, 1.807) is 36.7 Å². The zero-order chi connectivity index (χ0) is 17.8. The van der Waals surface area contributed by atoms with Crippen molar-refractivity contribution in [1.82, 2.24) is 15.0 Å². The number of anilines is 1. The Bertz CT molecular complexity index is 1000. The molecule has 26 heavy (non-hydrogen) atoms. The van der Waals surface area contributed by atoms with Gasteiger partial charge in [0.25, 0.3) is 0 Å². The molecule has 0 unspecified atom stereocenters. The Morgan fingerprint density at radius 3 is 2.58 bits per heavy atom. The smallest absolute Gasteiger partial charge is 0.180 e. The minimum absolute atomic E-state index is 0.338. The first kappa shape index (κ1) is 16.0. The average Bonchev–Trinajstić information content (AvgIpc) is 3.21. The normalized spacial score (nSPS) is 10.7. The average molecular weight is 346 g/mol. The van der Waals surface area contributed by atoms with E-state index in [0.29, 0.717) is 35.1 Å². The topological polar surface area (TPSA) is 63.8 Å². The molecule has 1 N–H and O–H groups in total. The maximum atomic E-state index is 14.2. The summed E-state index contributed by atoms with van der Waals surface area (Å²) in [6, 6.07) is 17.4. The van der Waals surface area contributed by atoms with Gasteiger partial charge in [0, 0.05) is 17.8 Å². The zero-order valence-electron chi connectivity index (χ0n) is 13.8. The molecule has 0 aliphatic rings. The molecule has 4 rings (SSSR count). The van der Waals surface area contributed by atoms with Gasteiger partial charge >= 0.3 is 0 Å². The van der Waals surface area contributed by atoms with Gasteiger partial charge in [-0.15, -0.1) is 0 Å². The number of pyridine rings is 1. The highest BCUT2D eigenvalue weighted by molar-refractivity contribution is 5.66. The summed E-state index contributed by atoms with van der Waals surface area (Å²) in [5.74, 6) is 1.43. The first-order valence-electron chi connectivity index (χ1n) is 8.11. The predicted molar refractivity (Wildman–Crippen MR) is 96.7 cm³/mol. The van der Waals surface area contributed by atoms with Crippen LogP contribution in [0.5, 0.6) is 0 Å². The zero-order valence-corrected chi connectivity index (χ0v) is 13.8. The molecule has 0 radical (unpaired) electrons. The molecule has 0 fully saturated rings. The van der Waals surface area contributed by atoms with Crippen molar-refractivity contribution in [2.75, 3.05) is 5.32 Å². The van der Waals surface area contributed by atoms with Crippen LogP contribution in [0.15, 0.2) is 77.5 Å². The highest BCUT2D eigenvalue weighted by Gasteiger charge is 2.12. The van der Waals surface area contributed by atoms with Gasteiger partial charge in [-0.25, -0.2) is 14.4 Å². The van der Waals surface area contributed by atoms with Gasteiger partial charge < -0.3 is 9.73 Å². The third kappa shape index (κ3) is 3.44. The summed E-state index contributed by atoms with van der Waals surface area (Å²) in [6.45, 7) is 0.461. The van der Waals surface area contributed by atoms with Crippen LogP contribution in [0.3, 0.4) is 0 Å². The van der Waals surface area contributed by atoms with Crippen LogP contribution >= 0.6 is 0 Å². The summed E-state index contributed by atoms with van der Waals surface area (Å²) in [5, 5.41) is 3.19. The number of nitrogens with one attached hydrogen (secondary N) is 1. The monoisotopic (exact) mass is 346 g/mol. The van der Waals surface area contributed by atoms with E-state index in [9.17, 15) is 4.39 Å². The summed E-state index contributed by atoms with van der Waals surface area (Å²) >= 11 is 0. The fourth-order valence-electron chi connectivity index (χ4n) is 2.55. The molecule has 0 atom stereocenters. The van der Waals surface area contributed by atoms with Gasteiger partial charge in [0.15, 0.2) is 5.82 Å². The lowest BCUT2D eigenvalue weighted by Gasteiger charge is -2.10. The molecule has 128 valence electrons. The standard InChI is InChI=1S/C20H15FN4O/c21-16-8-2-1-7-15(16)18-12-19(23-13-14-6-5-11-26-14)25-20(24-18)17-9-3-4-10-22-17/h1-12H,13H2,(H,23,24,25). The molecule has 4 aromatic rings. The quantitative estimate of drug-likeness (QED) is 0.574. The molecule has 0 saturated heterocycles. The Hall–Kier alpha value is -3.54. The summed E-state index contributed by atoms with van der Waals surface area (Å²) in [4.78, 5) is 13.3. The molecule has 3 heterocycles. The first-order chi connectivity index (χ1) is 12.8. The van der Waals surface area contributed by atoms with E-state index < -0.39 is 0 Å². The number of benzene rings is 1. The van der Waals surface area contributed by atoms with E-state index in [-0.39, 0.29) is 5.82 Å². The SMILES string of the molecule is Fc1ccccc1-c1cc(NCc2ccco2)nc(-c2ccccn2)n1. The Kier molecular flexibility index (Phi) is 4.38. The van der Waals surface area contributed by atoms with Gasteiger partial charge in [0.05, 0.1) is 18.5 Å². The largest absolute Gasteiger partial charge is 0.467 e. The lowest BCUT2D eigenvalue weighted by atomic mass is 10.1. The van der Waals surface area contributed by atoms with Crippen LogP contribution in [0.2, 0.25) is 0 Å². The molecular weight excluding hydrogens is 331 g/mol. The number of aromatic nitrogens is 3. The molecule has 0 aliphatic carbocycles. The van der Waals surface area contributed by atoms with E-state index in [1.165, 1.54) is 6.07 Å². The minimum atomic E-state index is -0.338. The maximum Gasteiger partial charge on any atom is 0.180 e. The van der Waals surface area contributed by atoms with Crippen LogP contribution < -0.4 is 5.32 Å². The number of nitrogens with zero attached hydrogens (tertiary/aromatic N) is 3. The van der Waals surface area contributed by atoms with Crippen molar-refractivity contribution in [3.05, 3.63) is 84.7 Å². The van der Waals surface area contributed by atoms with Crippen molar-refractivity contribution < 1.29 is 8.81 Å².